The Hall–Kier alpha value is -1.51. The Balaban J connectivity index is 2.32. The number of hydrogen-bond donors (Lipinski definition) is 0. The van der Waals surface area contributed by atoms with Crippen molar-refractivity contribution >= 4 is 35.2 Å². The molecule has 2 rings (SSSR count). The van der Waals surface area contributed by atoms with Crippen molar-refractivity contribution in [2.45, 2.75) is 27.2 Å². The van der Waals surface area contributed by atoms with Gasteiger partial charge < -0.3 is 4.90 Å². The Bertz CT molecular complexity index is 703. The summed E-state index contributed by atoms with van der Waals surface area (Å²) in [5, 5.41) is 1.42. The first kappa shape index (κ1) is 17.8. The van der Waals surface area contributed by atoms with E-state index in [9.17, 15) is 0 Å². The van der Waals surface area contributed by atoms with Crippen molar-refractivity contribution < 1.29 is 0 Å². The van der Waals surface area contributed by atoms with Gasteiger partial charge in [0, 0.05) is 30.1 Å². The zero-order valence-electron chi connectivity index (χ0n) is 14.0. The van der Waals surface area contributed by atoms with Crippen LogP contribution in [0, 0.1) is 13.8 Å². The van der Waals surface area contributed by atoms with Gasteiger partial charge in [-0.05, 0) is 61.2 Å². The third-order valence-corrected chi connectivity index (χ3v) is 4.68. The van der Waals surface area contributed by atoms with E-state index in [4.69, 9.17) is 23.2 Å². The summed E-state index contributed by atoms with van der Waals surface area (Å²) in [6.07, 6.45) is 2.59. The molecule has 0 aliphatic rings. The van der Waals surface area contributed by atoms with E-state index in [1.165, 1.54) is 11.1 Å². The van der Waals surface area contributed by atoms with Crippen molar-refractivity contribution in [1.82, 2.24) is 4.90 Å². The normalized spacial score (nSPS) is 11.2. The minimum absolute atomic E-state index is 0.709. The molecule has 0 bridgehead atoms. The van der Waals surface area contributed by atoms with Gasteiger partial charge in [0.25, 0.3) is 0 Å². The molecule has 0 aliphatic carbocycles. The predicted molar refractivity (Wildman–Crippen MR) is 102 cm³/mol. The highest BCUT2D eigenvalue weighted by Gasteiger charge is 2.10. The molecule has 0 spiro atoms. The van der Waals surface area contributed by atoms with Gasteiger partial charge in [-0.1, -0.05) is 35.3 Å². The van der Waals surface area contributed by atoms with E-state index in [1.54, 1.807) is 0 Å². The molecule has 122 valence electrons. The molecule has 0 aromatic heterocycles. The second kappa shape index (κ2) is 7.85. The molecule has 23 heavy (non-hydrogen) atoms. The van der Waals surface area contributed by atoms with Crippen molar-refractivity contribution in [3.63, 3.8) is 0 Å². The van der Waals surface area contributed by atoms with Gasteiger partial charge in [0.05, 0.1) is 12.0 Å². The van der Waals surface area contributed by atoms with Crippen molar-refractivity contribution in [2.75, 3.05) is 13.6 Å². The number of nitrogens with zero attached hydrogens (tertiary/aromatic N) is 2. The summed E-state index contributed by atoms with van der Waals surface area (Å²) in [4.78, 5) is 6.62. The molecule has 0 amide bonds. The van der Waals surface area contributed by atoms with Gasteiger partial charge in [-0.25, -0.2) is 4.99 Å². The van der Waals surface area contributed by atoms with Crippen LogP contribution in [-0.4, -0.2) is 24.8 Å². The lowest BCUT2D eigenvalue weighted by Gasteiger charge is -2.13. The van der Waals surface area contributed by atoms with Gasteiger partial charge in [-0.2, -0.15) is 0 Å². The van der Waals surface area contributed by atoms with Crippen molar-refractivity contribution in [2.24, 2.45) is 4.99 Å². The summed E-state index contributed by atoms with van der Waals surface area (Å²) in [5.74, 6) is 0. The lowest BCUT2D eigenvalue weighted by Crippen LogP contribution is -2.14. The first-order valence-electron chi connectivity index (χ1n) is 7.69. The average molecular weight is 349 g/mol. The number of halogens is 2. The number of benzene rings is 2. The van der Waals surface area contributed by atoms with E-state index < -0.39 is 0 Å². The summed E-state index contributed by atoms with van der Waals surface area (Å²) in [7, 11) is 2.01. The highest BCUT2D eigenvalue weighted by Crippen LogP contribution is 2.30. The van der Waals surface area contributed by atoms with Crippen LogP contribution in [0.25, 0.3) is 0 Å². The zero-order chi connectivity index (χ0) is 17.0. The summed E-state index contributed by atoms with van der Waals surface area (Å²) in [6.45, 7) is 7.21. The SMILES string of the molecule is CCN(C)C=Nc1cc(C)c(Cc2c(Cl)cccc2Cl)cc1C. The van der Waals surface area contributed by atoms with Gasteiger partial charge in [-0.15, -0.1) is 0 Å². The number of hydrogen-bond acceptors (Lipinski definition) is 1. The molecule has 2 nitrogen and oxygen atoms in total. The monoisotopic (exact) mass is 348 g/mol. The average Bonchev–Trinajstić information content (AvgIpc) is 2.52. The van der Waals surface area contributed by atoms with E-state index in [1.807, 2.05) is 36.5 Å². The van der Waals surface area contributed by atoms with Crippen LogP contribution in [0.4, 0.5) is 5.69 Å². The zero-order valence-corrected chi connectivity index (χ0v) is 15.5. The summed E-state index contributed by atoms with van der Waals surface area (Å²) >= 11 is 12.6. The molecule has 2 aromatic carbocycles. The molecule has 0 saturated carbocycles. The smallest absolute Gasteiger partial charge is 0.0909 e. The van der Waals surface area contributed by atoms with Crippen LogP contribution < -0.4 is 0 Å². The maximum atomic E-state index is 6.29. The molecule has 0 atom stereocenters. The van der Waals surface area contributed by atoms with E-state index >= 15 is 0 Å². The molecule has 0 heterocycles. The van der Waals surface area contributed by atoms with E-state index in [0.717, 1.165) is 29.8 Å². The van der Waals surface area contributed by atoms with E-state index in [2.05, 4.69) is 37.9 Å². The maximum absolute atomic E-state index is 6.29. The molecule has 0 radical (unpaired) electrons. The topological polar surface area (TPSA) is 15.6 Å². The fourth-order valence-corrected chi connectivity index (χ4v) is 2.86. The van der Waals surface area contributed by atoms with Gasteiger partial charge in [0.2, 0.25) is 0 Å². The van der Waals surface area contributed by atoms with Gasteiger partial charge >= 0.3 is 0 Å². The Morgan fingerprint density at radius 2 is 1.74 bits per heavy atom. The van der Waals surface area contributed by atoms with Crippen LogP contribution in [0.5, 0.6) is 0 Å². The summed E-state index contributed by atoms with van der Waals surface area (Å²) < 4.78 is 0. The molecule has 0 N–H and O–H groups in total. The van der Waals surface area contributed by atoms with E-state index in [-0.39, 0.29) is 0 Å². The van der Waals surface area contributed by atoms with E-state index in [0.29, 0.717) is 10.0 Å². The van der Waals surface area contributed by atoms with Crippen molar-refractivity contribution in [1.29, 1.82) is 0 Å². The largest absolute Gasteiger partial charge is 0.366 e. The van der Waals surface area contributed by atoms with Crippen LogP contribution in [0.1, 0.15) is 29.2 Å². The van der Waals surface area contributed by atoms with Gasteiger partial charge in [0.15, 0.2) is 0 Å². The van der Waals surface area contributed by atoms with Crippen LogP contribution in [0.15, 0.2) is 35.3 Å². The molecule has 0 saturated heterocycles. The fourth-order valence-electron chi connectivity index (χ4n) is 2.32. The van der Waals surface area contributed by atoms with Crippen LogP contribution in [-0.2, 0) is 6.42 Å². The van der Waals surface area contributed by atoms with Crippen LogP contribution >= 0.6 is 23.2 Å². The predicted octanol–water partition coefficient (Wildman–Crippen LogP) is 5.81. The second-order valence-corrected chi connectivity index (χ2v) is 6.57. The Kier molecular flexibility index (Phi) is 6.09. The van der Waals surface area contributed by atoms with Crippen molar-refractivity contribution in [3.8, 4) is 0 Å². The Morgan fingerprint density at radius 3 is 2.35 bits per heavy atom. The molecular weight excluding hydrogens is 327 g/mol. The molecule has 4 heteroatoms. The first-order valence-corrected chi connectivity index (χ1v) is 8.45. The highest BCUT2D eigenvalue weighted by atomic mass is 35.5. The number of aryl methyl sites for hydroxylation is 2. The molecule has 2 aromatic rings. The molecule has 0 fully saturated rings. The molecule has 0 aliphatic heterocycles. The fraction of sp³-hybridized carbons (Fsp3) is 0.316. The molecule has 0 unspecified atom stereocenters. The highest BCUT2D eigenvalue weighted by molar-refractivity contribution is 6.36. The van der Waals surface area contributed by atoms with Gasteiger partial charge in [-0.3, -0.25) is 0 Å². The molecular formula is C19H22Cl2N2. The lowest BCUT2D eigenvalue weighted by molar-refractivity contribution is 0.552. The Labute approximate surface area is 148 Å². The van der Waals surface area contributed by atoms with Crippen LogP contribution in [0.2, 0.25) is 10.0 Å². The Morgan fingerprint density at radius 1 is 1.09 bits per heavy atom. The van der Waals surface area contributed by atoms with Crippen LogP contribution in [0.3, 0.4) is 0 Å². The summed E-state index contributed by atoms with van der Waals surface area (Å²) in [5.41, 5.74) is 5.53. The third kappa shape index (κ3) is 4.49. The lowest BCUT2D eigenvalue weighted by atomic mass is 9.97. The van der Waals surface area contributed by atoms with Gasteiger partial charge in [0.1, 0.15) is 0 Å². The number of rotatable bonds is 5. The second-order valence-electron chi connectivity index (χ2n) is 5.76. The minimum atomic E-state index is 0.709. The minimum Gasteiger partial charge on any atom is -0.366 e. The standard InChI is InChI=1S/C19H22Cl2N2/c1-5-23(4)12-22-19-10-13(2)15(9-14(19)3)11-16-17(20)7-6-8-18(16)21/h6-10,12H,5,11H2,1-4H3. The number of aliphatic imine (C=N–C) groups is 1. The maximum Gasteiger partial charge on any atom is 0.0909 e. The van der Waals surface area contributed by atoms with Crippen molar-refractivity contribution in [3.05, 3.63) is 62.6 Å². The third-order valence-electron chi connectivity index (χ3n) is 3.98. The quantitative estimate of drug-likeness (QED) is 0.491. The summed E-state index contributed by atoms with van der Waals surface area (Å²) in [6, 6.07) is 9.92. The first-order chi connectivity index (χ1) is 10.9.